The molecule has 0 aliphatic heterocycles. The summed E-state index contributed by atoms with van der Waals surface area (Å²) in [5.41, 5.74) is 8.03. The van der Waals surface area contributed by atoms with Gasteiger partial charge in [-0.1, -0.05) is 68.5 Å². The first-order valence-electron chi connectivity index (χ1n) is 11.4. The second-order valence-corrected chi connectivity index (χ2v) is 9.12. The highest BCUT2D eigenvalue weighted by Crippen LogP contribution is 2.32. The number of hydrogen-bond donors (Lipinski definition) is 1. The molecule has 3 aromatic rings. The molecule has 1 N–H and O–H groups in total. The third-order valence-corrected chi connectivity index (χ3v) is 5.79. The highest BCUT2D eigenvalue weighted by molar-refractivity contribution is 6.03. The quantitative estimate of drug-likeness (QED) is 0.413. The standard InChI is InChI=1S/C29H35N3O/c1-20(2)26-9-8-10-27(21(3)4)28(26)30-29(33)32(25-15-11-22(5)12-16-25)19-23-13-17-24(18-14-23)31(6)7/h8-18,21H,1,19H2,2-7H3,(H,30,33). The van der Waals surface area contributed by atoms with Crippen molar-refractivity contribution in [2.45, 2.75) is 40.2 Å². The number of rotatable bonds is 7. The monoisotopic (exact) mass is 441 g/mol. The number of aryl methyl sites for hydroxylation is 1. The van der Waals surface area contributed by atoms with Crippen molar-refractivity contribution in [3.8, 4) is 0 Å². The summed E-state index contributed by atoms with van der Waals surface area (Å²) < 4.78 is 0. The van der Waals surface area contributed by atoms with Gasteiger partial charge >= 0.3 is 6.03 Å². The van der Waals surface area contributed by atoms with Gasteiger partial charge in [-0.25, -0.2) is 4.79 Å². The third-order valence-electron chi connectivity index (χ3n) is 5.79. The summed E-state index contributed by atoms with van der Waals surface area (Å²) in [4.78, 5) is 17.6. The molecular formula is C29H35N3O. The number of benzene rings is 3. The lowest BCUT2D eigenvalue weighted by atomic mass is 9.95. The molecule has 3 aromatic carbocycles. The first kappa shape index (κ1) is 24.1. The van der Waals surface area contributed by atoms with Crippen LogP contribution in [0.1, 0.15) is 48.9 Å². The average Bonchev–Trinajstić information content (AvgIpc) is 2.78. The molecule has 0 saturated heterocycles. The molecular weight excluding hydrogens is 406 g/mol. The van der Waals surface area contributed by atoms with Gasteiger partial charge in [0.1, 0.15) is 0 Å². The molecule has 0 heterocycles. The summed E-state index contributed by atoms with van der Waals surface area (Å²) in [5.74, 6) is 0.269. The molecule has 0 aliphatic rings. The molecule has 4 heteroatoms. The van der Waals surface area contributed by atoms with Crippen LogP contribution in [0.5, 0.6) is 0 Å². The number of nitrogens with zero attached hydrogens (tertiary/aromatic N) is 2. The molecule has 0 saturated carbocycles. The highest BCUT2D eigenvalue weighted by Gasteiger charge is 2.20. The minimum absolute atomic E-state index is 0.161. The zero-order valence-electron chi connectivity index (χ0n) is 20.6. The van der Waals surface area contributed by atoms with Crippen LogP contribution < -0.4 is 15.1 Å². The number of urea groups is 1. The van der Waals surface area contributed by atoms with Gasteiger partial charge in [-0.05, 0) is 60.7 Å². The molecule has 0 spiro atoms. The second-order valence-electron chi connectivity index (χ2n) is 9.12. The molecule has 3 rings (SSSR count). The van der Waals surface area contributed by atoms with Gasteiger partial charge in [-0.3, -0.25) is 4.90 Å². The van der Waals surface area contributed by atoms with Crippen LogP contribution in [-0.2, 0) is 6.54 Å². The number of carbonyl (C=O) groups excluding carboxylic acids is 1. The summed E-state index contributed by atoms with van der Waals surface area (Å²) in [6.07, 6.45) is 0. The SMILES string of the molecule is C=C(C)c1cccc(C(C)C)c1NC(=O)N(Cc1ccc(N(C)C)cc1)c1ccc(C)cc1. The van der Waals surface area contributed by atoms with Gasteiger partial charge in [0.2, 0.25) is 0 Å². The minimum atomic E-state index is -0.161. The van der Waals surface area contributed by atoms with Gasteiger partial charge in [-0.15, -0.1) is 0 Å². The van der Waals surface area contributed by atoms with E-state index in [2.05, 4.69) is 61.0 Å². The Labute approximate surface area is 198 Å². The van der Waals surface area contributed by atoms with Crippen molar-refractivity contribution in [2.75, 3.05) is 29.2 Å². The normalized spacial score (nSPS) is 10.8. The number of anilines is 3. The van der Waals surface area contributed by atoms with Crippen LogP contribution in [0.3, 0.4) is 0 Å². The van der Waals surface area contributed by atoms with E-state index < -0.39 is 0 Å². The molecule has 0 bridgehead atoms. The van der Waals surface area contributed by atoms with Crippen molar-refractivity contribution in [1.29, 1.82) is 0 Å². The predicted octanol–water partition coefficient (Wildman–Crippen LogP) is 7.46. The van der Waals surface area contributed by atoms with Crippen LogP contribution in [0.25, 0.3) is 5.57 Å². The molecule has 4 nitrogen and oxygen atoms in total. The Hall–Kier alpha value is -3.53. The number of hydrogen-bond acceptors (Lipinski definition) is 2. The number of amides is 2. The fourth-order valence-electron chi connectivity index (χ4n) is 3.81. The Bertz CT molecular complexity index is 1110. The molecule has 0 radical (unpaired) electrons. The molecule has 172 valence electrons. The summed E-state index contributed by atoms with van der Waals surface area (Å²) >= 11 is 0. The Morgan fingerprint density at radius 1 is 0.939 bits per heavy atom. The Morgan fingerprint density at radius 3 is 2.09 bits per heavy atom. The summed E-state index contributed by atoms with van der Waals surface area (Å²) in [6.45, 7) is 12.9. The molecule has 0 unspecified atom stereocenters. The van der Waals surface area contributed by atoms with Crippen LogP contribution in [-0.4, -0.2) is 20.1 Å². The smallest absolute Gasteiger partial charge is 0.326 e. The zero-order valence-corrected chi connectivity index (χ0v) is 20.6. The van der Waals surface area contributed by atoms with E-state index in [1.807, 2.05) is 64.3 Å². The number of nitrogens with one attached hydrogen (secondary N) is 1. The van der Waals surface area contributed by atoms with Crippen LogP contribution in [0, 0.1) is 6.92 Å². The Balaban J connectivity index is 1.98. The zero-order chi connectivity index (χ0) is 24.1. The summed E-state index contributed by atoms with van der Waals surface area (Å²) in [7, 11) is 4.04. The van der Waals surface area contributed by atoms with Crippen molar-refractivity contribution >= 4 is 28.7 Å². The third kappa shape index (κ3) is 5.83. The van der Waals surface area contributed by atoms with Crippen molar-refractivity contribution in [2.24, 2.45) is 0 Å². The Morgan fingerprint density at radius 2 is 1.55 bits per heavy atom. The maximum absolute atomic E-state index is 13.7. The maximum atomic E-state index is 13.7. The largest absolute Gasteiger partial charge is 0.378 e. The van der Waals surface area contributed by atoms with Crippen molar-refractivity contribution < 1.29 is 4.79 Å². The maximum Gasteiger partial charge on any atom is 0.326 e. The molecule has 0 atom stereocenters. The van der Waals surface area contributed by atoms with Gasteiger partial charge < -0.3 is 10.2 Å². The van der Waals surface area contributed by atoms with Crippen LogP contribution >= 0.6 is 0 Å². The summed E-state index contributed by atoms with van der Waals surface area (Å²) in [6, 6.07) is 22.3. The van der Waals surface area contributed by atoms with Crippen LogP contribution in [0.2, 0.25) is 0 Å². The molecule has 0 fully saturated rings. The first-order valence-corrected chi connectivity index (χ1v) is 11.4. The topological polar surface area (TPSA) is 35.6 Å². The van der Waals surface area contributed by atoms with E-state index in [0.29, 0.717) is 6.54 Å². The van der Waals surface area contributed by atoms with Gasteiger partial charge in [0.25, 0.3) is 0 Å². The van der Waals surface area contributed by atoms with Gasteiger partial charge in [0.15, 0.2) is 0 Å². The fraction of sp³-hybridized carbons (Fsp3) is 0.276. The minimum Gasteiger partial charge on any atom is -0.378 e. The first-order chi connectivity index (χ1) is 15.7. The molecule has 2 amide bonds. The molecule has 0 aromatic heterocycles. The van der Waals surface area contributed by atoms with Crippen LogP contribution in [0.15, 0.2) is 73.3 Å². The van der Waals surface area contributed by atoms with Crippen LogP contribution in [0.4, 0.5) is 21.9 Å². The van der Waals surface area contributed by atoms with E-state index in [-0.39, 0.29) is 11.9 Å². The number of allylic oxidation sites excluding steroid dienone is 1. The van der Waals surface area contributed by atoms with E-state index in [4.69, 9.17) is 0 Å². The van der Waals surface area contributed by atoms with E-state index in [0.717, 1.165) is 44.9 Å². The van der Waals surface area contributed by atoms with Gasteiger partial charge in [0, 0.05) is 31.0 Å². The fourth-order valence-corrected chi connectivity index (χ4v) is 3.81. The average molecular weight is 442 g/mol. The number of para-hydroxylation sites is 1. The summed E-state index contributed by atoms with van der Waals surface area (Å²) in [5, 5.41) is 3.22. The second kappa shape index (κ2) is 10.4. The van der Waals surface area contributed by atoms with Gasteiger partial charge in [0.05, 0.1) is 12.2 Å². The molecule has 0 aliphatic carbocycles. The van der Waals surface area contributed by atoms with E-state index in [9.17, 15) is 4.79 Å². The van der Waals surface area contributed by atoms with Crippen molar-refractivity contribution in [3.05, 3.63) is 95.6 Å². The Kier molecular flexibility index (Phi) is 7.59. The van der Waals surface area contributed by atoms with Gasteiger partial charge in [-0.2, -0.15) is 0 Å². The molecule has 33 heavy (non-hydrogen) atoms. The van der Waals surface area contributed by atoms with E-state index in [1.54, 1.807) is 4.90 Å². The predicted molar refractivity (Wildman–Crippen MR) is 142 cm³/mol. The number of carbonyl (C=O) groups is 1. The van der Waals surface area contributed by atoms with E-state index >= 15 is 0 Å². The van der Waals surface area contributed by atoms with Crippen molar-refractivity contribution in [1.82, 2.24) is 0 Å². The highest BCUT2D eigenvalue weighted by atomic mass is 16.2. The van der Waals surface area contributed by atoms with E-state index in [1.165, 1.54) is 0 Å². The lowest BCUT2D eigenvalue weighted by molar-refractivity contribution is 0.256. The van der Waals surface area contributed by atoms with Crippen molar-refractivity contribution in [3.63, 3.8) is 0 Å². The lowest BCUT2D eigenvalue weighted by Crippen LogP contribution is -2.35. The lowest BCUT2D eigenvalue weighted by Gasteiger charge is -2.26.